The fraction of sp³-hybridized carbons (Fsp3) is 0.217. The lowest BCUT2D eigenvalue weighted by atomic mass is 10.1. The van der Waals surface area contributed by atoms with Crippen molar-refractivity contribution in [3.8, 4) is 11.5 Å². The molecule has 29 heavy (non-hydrogen) atoms. The van der Waals surface area contributed by atoms with Gasteiger partial charge in [-0.3, -0.25) is 15.3 Å². The number of pyridine rings is 1. The van der Waals surface area contributed by atoms with Crippen LogP contribution < -0.4 is 14.8 Å². The Bertz CT molecular complexity index is 1060. The van der Waals surface area contributed by atoms with Gasteiger partial charge in [-0.05, 0) is 60.0 Å². The molecule has 0 spiro atoms. The van der Waals surface area contributed by atoms with Crippen LogP contribution in [0.25, 0.3) is 17.0 Å². The summed E-state index contributed by atoms with van der Waals surface area (Å²) in [5.41, 5.74) is 3.31. The van der Waals surface area contributed by atoms with E-state index < -0.39 is 0 Å². The molecule has 0 bridgehead atoms. The smallest absolute Gasteiger partial charge is 0.151 e. The summed E-state index contributed by atoms with van der Waals surface area (Å²) in [6.45, 7) is 0.799. The Morgan fingerprint density at radius 1 is 1.10 bits per heavy atom. The summed E-state index contributed by atoms with van der Waals surface area (Å²) < 4.78 is 10.8. The van der Waals surface area contributed by atoms with E-state index in [0.717, 1.165) is 51.4 Å². The van der Waals surface area contributed by atoms with Crippen molar-refractivity contribution in [3.05, 3.63) is 70.8 Å². The number of benzene rings is 2. The summed E-state index contributed by atoms with van der Waals surface area (Å²) in [5.74, 6) is 1.71. The number of rotatable bonds is 7. The van der Waals surface area contributed by atoms with Gasteiger partial charge >= 0.3 is 0 Å². The van der Waals surface area contributed by atoms with Crippen LogP contribution in [0.3, 0.4) is 0 Å². The monoisotopic (exact) mass is 405 g/mol. The Hall–Kier alpha value is -2.83. The number of allylic oxidation sites excluding steroid dienone is 1. The highest BCUT2D eigenvalue weighted by Crippen LogP contribution is 2.29. The first-order chi connectivity index (χ1) is 14.2. The first-order valence-corrected chi connectivity index (χ1v) is 10.3. The number of nitrogens with one attached hydrogen (secondary N) is 1. The zero-order valence-corrected chi connectivity index (χ0v) is 17.3. The summed E-state index contributed by atoms with van der Waals surface area (Å²) in [5, 5.41) is 4.62. The number of hydrogen-bond donors (Lipinski definition) is 1. The predicted octanol–water partition coefficient (Wildman–Crippen LogP) is 4.53. The number of nitrogens with zero attached hydrogens (tertiary/aromatic N) is 2. The van der Waals surface area contributed by atoms with Crippen LogP contribution in [-0.4, -0.2) is 37.5 Å². The molecule has 0 saturated carbocycles. The van der Waals surface area contributed by atoms with E-state index in [9.17, 15) is 0 Å². The second-order valence-electron chi connectivity index (χ2n) is 6.63. The number of aromatic nitrogens is 1. The first kappa shape index (κ1) is 19.5. The van der Waals surface area contributed by atoms with E-state index in [1.54, 1.807) is 26.0 Å². The topological polar surface area (TPSA) is 55.7 Å². The Kier molecular flexibility index (Phi) is 6.12. The van der Waals surface area contributed by atoms with Crippen molar-refractivity contribution in [2.24, 2.45) is 4.99 Å². The number of fused-ring (bicyclic) bond motifs is 1. The third-order valence-corrected chi connectivity index (χ3v) is 5.73. The van der Waals surface area contributed by atoms with Crippen LogP contribution in [0.4, 0.5) is 0 Å². The third kappa shape index (κ3) is 4.78. The molecule has 1 aliphatic heterocycles. The molecule has 1 unspecified atom stereocenters. The average Bonchev–Trinajstić information content (AvgIpc) is 3.20. The van der Waals surface area contributed by atoms with Crippen LogP contribution in [0.2, 0.25) is 0 Å². The molecule has 148 valence electrons. The molecule has 6 heteroatoms. The zero-order chi connectivity index (χ0) is 20.1. The second kappa shape index (κ2) is 9.11. The van der Waals surface area contributed by atoms with E-state index in [1.165, 1.54) is 0 Å². The summed E-state index contributed by atoms with van der Waals surface area (Å²) in [6.07, 6.45) is 6.75. The van der Waals surface area contributed by atoms with Crippen LogP contribution >= 0.6 is 11.8 Å². The van der Waals surface area contributed by atoms with E-state index in [4.69, 9.17) is 9.47 Å². The lowest BCUT2D eigenvalue weighted by Gasteiger charge is -2.12. The molecule has 2 aromatic carbocycles. The van der Waals surface area contributed by atoms with Gasteiger partial charge in [0, 0.05) is 29.2 Å². The molecule has 0 saturated heterocycles. The standard InChI is InChI=1S/C23H23N3O2S/c1-27-19-6-8-22(28-2)18(14-19)9-11-25-23-26-15-20(29-23)13-16-5-7-21-17(12-16)4-3-10-24-21/h3-8,10,12-15,23,25H,9,11H2,1-2H3/b20-13-. The Balaban J connectivity index is 1.34. The third-order valence-electron chi connectivity index (χ3n) is 4.72. The Labute approximate surface area is 174 Å². The minimum absolute atomic E-state index is 0.0278. The second-order valence-corrected chi connectivity index (χ2v) is 7.79. The number of methoxy groups -OCH3 is 2. The molecule has 0 fully saturated rings. The quantitative estimate of drug-likeness (QED) is 0.626. The van der Waals surface area contributed by atoms with Crippen LogP contribution in [0.5, 0.6) is 11.5 Å². The Morgan fingerprint density at radius 2 is 2.03 bits per heavy atom. The van der Waals surface area contributed by atoms with Gasteiger partial charge in [0.1, 0.15) is 11.5 Å². The molecule has 1 aliphatic rings. The van der Waals surface area contributed by atoms with Crippen molar-refractivity contribution >= 4 is 35.0 Å². The van der Waals surface area contributed by atoms with Crippen LogP contribution in [0, 0.1) is 0 Å². The molecule has 3 aromatic rings. The van der Waals surface area contributed by atoms with Crippen molar-refractivity contribution < 1.29 is 9.47 Å². The van der Waals surface area contributed by atoms with Crippen molar-refractivity contribution in [1.82, 2.24) is 10.3 Å². The highest BCUT2D eigenvalue weighted by molar-refractivity contribution is 8.04. The molecule has 0 amide bonds. The molecular weight excluding hydrogens is 382 g/mol. The maximum Gasteiger partial charge on any atom is 0.151 e. The zero-order valence-electron chi connectivity index (χ0n) is 16.5. The molecule has 4 rings (SSSR count). The molecule has 1 aromatic heterocycles. The van der Waals surface area contributed by atoms with E-state index in [0.29, 0.717) is 0 Å². The summed E-state index contributed by atoms with van der Waals surface area (Å²) in [7, 11) is 3.36. The minimum Gasteiger partial charge on any atom is -0.497 e. The summed E-state index contributed by atoms with van der Waals surface area (Å²) >= 11 is 1.72. The highest BCUT2D eigenvalue weighted by atomic mass is 32.2. The molecule has 2 heterocycles. The van der Waals surface area contributed by atoms with Gasteiger partial charge in [0.15, 0.2) is 5.50 Å². The number of aliphatic imine (C=N–C) groups is 1. The van der Waals surface area contributed by atoms with E-state index in [1.807, 2.05) is 36.7 Å². The van der Waals surface area contributed by atoms with Gasteiger partial charge < -0.3 is 9.47 Å². The van der Waals surface area contributed by atoms with Gasteiger partial charge in [-0.25, -0.2) is 0 Å². The largest absolute Gasteiger partial charge is 0.497 e. The molecule has 5 nitrogen and oxygen atoms in total. The van der Waals surface area contributed by atoms with Crippen molar-refractivity contribution in [3.63, 3.8) is 0 Å². The van der Waals surface area contributed by atoms with Crippen molar-refractivity contribution in [1.29, 1.82) is 0 Å². The SMILES string of the molecule is COc1ccc(OC)c(CCNC2N=C/C(=C/c3ccc4ncccc4c3)S2)c1. The minimum atomic E-state index is 0.0278. The lowest BCUT2D eigenvalue weighted by molar-refractivity contribution is 0.398. The maximum atomic E-state index is 5.45. The van der Waals surface area contributed by atoms with Crippen LogP contribution in [-0.2, 0) is 6.42 Å². The van der Waals surface area contributed by atoms with Gasteiger partial charge in [-0.1, -0.05) is 23.9 Å². The number of ether oxygens (including phenoxy) is 2. The fourth-order valence-electron chi connectivity index (χ4n) is 3.25. The maximum absolute atomic E-state index is 5.45. The molecule has 0 aliphatic carbocycles. The average molecular weight is 406 g/mol. The van der Waals surface area contributed by atoms with Gasteiger partial charge in [-0.2, -0.15) is 0 Å². The Morgan fingerprint density at radius 3 is 2.90 bits per heavy atom. The first-order valence-electron chi connectivity index (χ1n) is 9.46. The normalized spacial score (nSPS) is 17.2. The number of hydrogen-bond acceptors (Lipinski definition) is 6. The predicted molar refractivity (Wildman–Crippen MR) is 121 cm³/mol. The lowest BCUT2D eigenvalue weighted by Crippen LogP contribution is -2.24. The van der Waals surface area contributed by atoms with E-state index in [2.05, 4.69) is 45.6 Å². The molecule has 1 atom stereocenters. The fourth-order valence-corrected chi connectivity index (χ4v) is 4.16. The van der Waals surface area contributed by atoms with E-state index >= 15 is 0 Å². The van der Waals surface area contributed by atoms with E-state index in [-0.39, 0.29) is 5.50 Å². The number of thioether (sulfide) groups is 1. The van der Waals surface area contributed by atoms with Crippen LogP contribution in [0.1, 0.15) is 11.1 Å². The van der Waals surface area contributed by atoms with Crippen molar-refractivity contribution in [2.45, 2.75) is 11.9 Å². The van der Waals surface area contributed by atoms with Gasteiger partial charge in [0.2, 0.25) is 0 Å². The van der Waals surface area contributed by atoms with Gasteiger partial charge in [0.05, 0.1) is 19.7 Å². The molecule has 0 radical (unpaired) electrons. The van der Waals surface area contributed by atoms with Crippen molar-refractivity contribution in [2.75, 3.05) is 20.8 Å². The van der Waals surface area contributed by atoms with Gasteiger partial charge in [0.25, 0.3) is 0 Å². The molecular formula is C23H23N3O2S. The molecule has 1 N–H and O–H groups in total. The van der Waals surface area contributed by atoms with Gasteiger partial charge in [-0.15, -0.1) is 0 Å². The van der Waals surface area contributed by atoms with Crippen LogP contribution in [0.15, 0.2) is 64.6 Å². The highest BCUT2D eigenvalue weighted by Gasteiger charge is 2.15. The summed E-state index contributed by atoms with van der Waals surface area (Å²) in [4.78, 5) is 10.1. The summed E-state index contributed by atoms with van der Waals surface area (Å²) in [6, 6.07) is 16.2.